The van der Waals surface area contributed by atoms with Gasteiger partial charge in [0, 0.05) is 57.8 Å². The Kier molecular flexibility index (Phi) is 6.63. The number of nitrogens with zero attached hydrogens (tertiary/aromatic N) is 1. The Morgan fingerprint density at radius 1 is 0.385 bits per heavy atom. The molecule has 0 atom stereocenters. The first-order chi connectivity index (χ1) is 25.8. The van der Waals surface area contributed by atoms with Crippen LogP contribution < -0.4 is 4.90 Å². The minimum absolute atomic E-state index is 0.910. The normalized spacial score (nSPS) is 11.8. The third-order valence-corrected chi connectivity index (χ3v) is 12.7. The molecule has 0 saturated carbocycles. The van der Waals surface area contributed by atoms with Gasteiger partial charge in [0.15, 0.2) is 0 Å². The van der Waals surface area contributed by atoms with E-state index in [1.165, 1.54) is 62.7 Å². The molecule has 4 heteroatoms. The van der Waals surface area contributed by atoms with Gasteiger partial charge in [0.05, 0.1) is 10.4 Å². The van der Waals surface area contributed by atoms with Crippen molar-refractivity contribution in [2.24, 2.45) is 0 Å². The molecule has 3 heterocycles. The Morgan fingerprint density at radius 2 is 1.02 bits per heavy atom. The van der Waals surface area contributed by atoms with Crippen molar-refractivity contribution in [3.8, 4) is 22.3 Å². The van der Waals surface area contributed by atoms with Gasteiger partial charge in [-0.1, -0.05) is 127 Å². The molecule has 0 radical (unpaired) electrons. The van der Waals surface area contributed by atoms with E-state index in [2.05, 4.69) is 169 Å². The molecule has 244 valence electrons. The van der Waals surface area contributed by atoms with Crippen LogP contribution in [0.5, 0.6) is 0 Å². The van der Waals surface area contributed by atoms with Crippen LogP contribution in [0.4, 0.5) is 17.1 Å². The number of benzene rings is 8. The standard InChI is InChI=1S/C48H29NOS2/c1-2-11-30(12-3-1)35-16-8-17-38-39-18-9-19-41(48(39)52-47(35)38)49(33-27-28-37-36-13-5-7-22-44(36)51-45(37)29-33)32-25-23-31(24-26-32)34-15-10-21-43-46(34)40-14-4-6-20-42(40)50-43/h1-29H. The zero-order valence-corrected chi connectivity index (χ0v) is 29.5. The summed E-state index contributed by atoms with van der Waals surface area (Å²) in [6.45, 7) is 0. The average molecular weight is 700 g/mol. The third-order valence-electron chi connectivity index (χ3n) is 10.3. The molecule has 11 aromatic rings. The lowest BCUT2D eigenvalue weighted by molar-refractivity contribution is 0.669. The summed E-state index contributed by atoms with van der Waals surface area (Å²) in [4.78, 5) is 2.45. The Balaban J connectivity index is 1.12. The van der Waals surface area contributed by atoms with E-state index >= 15 is 0 Å². The topological polar surface area (TPSA) is 16.4 Å². The van der Waals surface area contributed by atoms with E-state index < -0.39 is 0 Å². The highest BCUT2D eigenvalue weighted by Gasteiger charge is 2.21. The first-order valence-electron chi connectivity index (χ1n) is 17.5. The summed E-state index contributed by atoms with van der Waals surface area (Å²) in [5, 5.41) is 7.47. The van der Waals surface area contributed by atoms with E-state index in [9.17, 15) is 0 Å². The summed E-state index contributed by atoms with van der Waals surface area (Å²) in [7, 11) is 0. The predicted octanol–water partition coefficient (Wildman–Crippen LogP) is 15.1. The molecule has 11 rings (SSSR count). The summed E-state index contributed by atoms with van der Waals surface area (Å²) in [6, 6.07) is 63.6. The quantitative estimate of drug-likeness (QED) is 0.178. The maximum atomic E-state index is 6.25. The number of anilines is 3. The lowest BCUT2D eigenvalue weighted by Gasteiger charge is -2.26. The van der Waals surface area contributed by atoms with E-state index in [0.717, 1.165) is 38.9 Å². The Morgan fingerprint density at radius 3 is 1.90 bits per heavy atom. The van der Waals surface area contributed by atoms with Crippen LogP contribution in [0.15, 0.2) is 180 Å². The van der Waals surface area contributed by atoms with E-state index in [4.69, 9.17) is 4.42 Å². The van der Waals surface area contributed by atoms with Crippen molar-refractivity contribution < 1.29 is 4.42 Å². The maximum Gasteiger partial charge on any atom is 0.136 e. The van der Waals surface area contributed by atoms with Crippen LogP contribution in [0.25, 0.3) is 84.5 Å². The van der Waals surface area contributed by atoms with Gasteiger partial charge in [-0.3, -0.25) is 0 Å². The molecule has 0 aliphatic heterocycles. The van der Waals surface area contributed by atoms with Crippen molar-refractivity contribution in [1.82, 2.24) is 0 Å². The maximum absolute atomic E-state index is 6.25. The highest BCUT2D eigenvalue weighted by atomic mass is 32.1. The van der Waals surface area contributed by atoms with Crippen molar-refractivity contribution in [3.05, 3.63) is 176 Å². The highest BCUT2D eigenvalue weighted by Crippen LogP contribution is 2.48. The van der Waals surface area contributed by atoms with Crippen LogP contribution in [-0.2, 0) is 0 Å². The van der Waals surface area contributed by atoms with Crippen molar-refractivity contribution in [3.63, 3.8) is 0 Å². The second-order valence-corrected chi connectivity index (χ2v) is 15.3. The first-order valence-corrected chi connectivity index (χ1v) is 19.1. The van der Waals surface area contributed by atoms with Crippen LogP contribution >= 0.6 is 22.7 Å². The Hall–Kier alpha value is -6.20. The number of rotatable bonds is 5. The van der Waals surface area contributed by atoms with Crippen molar-refractivity contribution in [2.45, 2.75) is 0 Å². The first kappa shape index (κ1) is 29.5. The molecule has 0 spiro atoms. The van der Waals surface area contributed by atoms with E-state index in [0.29, 0.717) is 0 Å². The largest absolute Gasteiger partial charge is 0.456 e. The van der Waals surface area contributed by atoms with Gasteiger partial charge in [-0.25, -0.2) is 0 Å². The lowest BCUT2D eigenvalue weighted by atomic mass is 9.99. The zero-order chi connectivity index (χ0) is 34.2. The fourth-order valence-corrected chi connectivity index (χ4v) is 10.4. The van der Waals surface area contributed by atoms with Crippen LogP contribution in [0.2, 0.25) is 0 Å². The van der Waals surface area contributed by atoms with Gasteiger partial charge in [0.2, 0.25) is 0 Å². The number of hydrogen-bond acceptors (Lipinski definition) is 4. The van der Waals surface area contributed by atoms with Crippen LogP contribution in [-0.4, -0.2) is 0 Å². The van der Waals surface area contributed by atoms with Crippen LogP contribution in [0.3, 0.4) is 0 Å². The number of para-hydroxylation sites is 1. The monoisotopic (exact) mass is 699 g/mol. The summed E-state index contributed by atoms with van der Waals surface area (Å²) in [5.41, 5.74) is 10.1. The fourth-order valence-electron chi connectivity index (χ4n) is 7.91. The second kappa shape index (κ2) is 11.7. The summed E-state index contributed by atoms with van der Waals surface area (Å²) < 4.78 is 11.4. The highest BCUT2D eigenvalue weighted by molar-refractivity contribution is 7.27. The summed E-state index contributed by atoms with van der Waals surface area (Å²) in [5.74, 6) is 0. The molecule has 8 aromatic carbocycles. The van der Waals surface area contributed by atoms with Gasteiger partial charge < -0.3 is 9.32 Å². The molecule has 0 unspecified atom stereocenters. The van der Waals surface area contributed by atoms with Gasteiger partial charge in [-0.15, -0.1) is 22.7 Å². The molecular weight excluding hydrogens is 671 g/mol. The number of furan rings is 1. The molecule has 0 aliphatic rings. The second-order valence-electron chi connectivity index (χ2n) is 13.2. The third kappa shape index (κ3) is 4.55. The van der Waals surface area contributed by atoms with E-state index in [1.807, 2.05) is 34.8 Å². The molecule has 0 N–H and O–H groups in total. The number of thiophene rings is 2. The van der Waals surface area contributed by atoms with E-state index in [1.54, 1.807) is 0 Å². The van der Waals surface area contributed by atoms with E-state index in [-0.39, 0.29) is 0 Å². The van der Waals surface area contributed by atoms with Crippen LogP contribution in [0, 0.1) is 0 Å². The minimum atomic E-state index is 0.910. The fraction of sp³-hybridized carbons (Fsp3) is 0. The number of hydrogen-bond donors (Lipinski definition) is 0. The zero-order valence-electron chi connectivity index (χ0n) is 27.9. The molecule has 52 heavy (non-hydrogen) atoms. The van der Waals surface area contributed by atoms with Gasteiger partial charge in [0.1, 0.15) is 11.2 Å². The van der Waals surface area contributed by atoms with Crippen molar-refractivity contribution in [1.29, 1.82) is 0 Å². The Labute approximate surface area is 308 Å². The van der Waals surface area contributed by atoms with Gasteiger partial charge in [0.25, 0.3) is 0 Å². The molecule has 0 bridgehead atoms. The van der Waals surface area contributed by atoms with Gasteiger partial charge in [-0.05, 0) is 70.8 Å². The predicted molar refractivity (Wildman–Crippen MR) is 225 cm³/mol. The summed E-state index contributed by atoms with van der Waals surface area (Å²) >= 11 is 3.75. The molecular formula is C48H29NOS2. The molecule has 2 nitrogen and oxygen atoms in total. The van der Waals surface area contributed by atoms with Crippen LogP contribution in [0.1, 0.15) is 0 Å². The SMILES string of the molecule is c1ccc(-c2cccc3c2sc2c(N(c4ccc(-c5cccc6oc7ccccc7c56)cc4)c4ccc5c(c4)sc4ccccc45)cccc23)cc1. The molecule has 0 aliphatic carbocycles. The Bertz CT molecular complexity index is 3130. The summed E-state index contributed by atoms with van der Waals surface area (Å²) in [6.07, 6.45) is 0. The van der Waals surface area contributed by atoms with Crippen molar-refractivity contribution >= 4 is 102 Å². The molecule has 3 aromatic heterocycles. The lowest BCUT2D eigenvalue weighted by Crippen LogP contribution is -2.10. The van der Waals surface area contributed by atoms with Crippen molar-refractivity contribution in [2.75, 3.05) is 4.90 Å². The molecule has 0 fully saturated rings. The minimum Gasteiger partial charge on any atom is -0.456 e. The smallest absolute Gasteiger partial charge is 0.136 e. The average Bonchev–Trinajstić information content (AvgIpc) is 3.90. The number of fused-ring (bicyclic) bond motifs is 9. The molecule has 0 amide bonds. The molecule has 0 saturated heterocycles. The van der Waals surface area contributed by atoms with Gasteiger partial charge >= 0.3 is 0 Å². The van der Waals surface area contributed by atoms with Gasteiger partial charge in [-0.2, -0.15) is 0 Å².